The lowest BCUT2D eigenvalue weighted by atomic mass is 10.2. The zero-order chi connectivity index (χ0) is 21.6. The van der Waals surface area contributed by atoms with Gasteiger partial charge in [-0.2, -0.15) is 13.2 Å². The van der Waals surface area contributed by atoms with E-state index in [1.165, 1.54) is 19.1 Å². The Kier molecular flexibility index (Phi) is 5.11. The third-order valence-electron chi connectivity index (χ3n) is 4.21. The monoisotopic (exact) mass is 448 g/mol. The summed E-state index contributed by atoms with van der Waals surface area (Å²) in [6, 6.07) is 8.00. The van der Waals surface area contributed by atoms with Gasteiger partial charge in [0.15, 0.2) is 0 Å². The van der Waals surface area contributed by atoms with Gasteiger partial charge in [0.1, 0.15) is 0 Å². The second-order valence-electron chi connectivity index (χ2n) is 6.46. The first-order valence-corrected chi connectivity index (χ1v) is 11.3. The minimum Gasteiger partial charge on any atom is -0.280 e. The van der Waals surface area contributed by atoms with Crippen LogP contribution in [-0.2, 0) is 31.0 Å². The molecule has 1 fully saturated rings. The normalized spacial score (nSPS) is 19.4. The molecule has 1 aliphatic heterocycles. The molecule has 1 heterocycles. The fraction of sp³-hybridized carbons (Fsp3) is 0.235. The van der Waals surface area contributed by atoms with Crippen LogP contribution in [0.15, 0.2) is 53.4 Å². The molecule has 0 spiro atoms. The van der Waals surface area contributed by atoms with Crippen LogP contribution >= 0.6 is 0 Å². The minimum absolute atomic E-state index is 0.00725. The first-order valence-electron chi connectivity index (χ1n) is 8.18. The molecule has 12 heteroatoms. The summed E-state index contributed by atoms with van der Waals surface area (Å²) >= 11 is 0. The summed E-state index contributed by atoms with van der Waals surface area (Å²) in [7, 11) is -7.96. The van der Waals surface area contributed by atoms with Crippen molar-refractivity contribution in [3.8, 4) is 0 Å². The van der Waals surface area contributed by atoms with Gasteiger partial charge in [0.2, 0.25) is 15.9 Å². The van der Waals surface area contributed by atoms with E-state index in [1.807, 2.05) is 0 Å². The average Bonchev–Trinajstić information content (AvgIpc) is 2.81. The Morgan fingerprint density at radius 2 is 1.59 bits per heavy atom. The van der Waals surface area contributed by atoms with Crippen molar-refractivity contribution >= 4 is 37.3 Å². The fourth-order valence-corrected chi connectivity index (χ4v) is 5.67. The Hall–Kier alpha value is -2.60. The quantitative estimate of drug-likeness (QED) is 0.775. The number of nitrogens with zero attached hydrogens (tertiary/aromatic N) is 1. The number of carbonyl (C=O) groups is 1. The first-order chi connectivity index (χ1) is 13.3. The van der Waals surface area contributed by atoms with Crippen molar-refractivity contribution in [2.24, 2.45) is 5.92 Å². The lowest BCUT2D eigenvalue weighted by Crippen LogP contribution is -2.30. The number of carbonyl (C=O) groups excluding carboxylic acids is 1. The summed E-state index contributed by atoms with van der Waals surface area (Å²) < 4.78 is 89.6. The van der Waals surface area contributed by atoms with Crippen LogP contribution in [0.1, 0.15) is 12.5 Å². The van der Waals surface area contributed by atoms with Gasteiger partial charge in [-0.15, -0.1) is 0 Å². The summed E-state index contributed by atoms with van der Waals surface area (Å²) in [5.41, 5.74) is -0.989. The molecule has 0 aliphatic carbocycles. The highest BCUT2D eigenvalue weighted by molar-refractivity contribution is 7.94. The molecule has 156 valence electrons. The Balaban J connectivity index is 1.83. The molecule has 1 aliphatic rings. The lowest BCUT2D eigenvalue weighted by Gasteiger charge is -2.16. The smallest absolute Gasteiger partial charge is 0.280 e. The zero-order valence-corrected chi connectivity index (χ0v) is 16.5. The average molecular weight is 448 g/mol. The molecule has 1 unspecified atom stereocenters. The molecule has 1 N–H and O–H groups in total. The van der Waals surface area contributed by atoms with Crippen molar-refractivity contribution in [2.75, 3.05) is 14.8 Å². The molecule has 0 saturated carbocycles. The molecule has 0 aromatic heterocycles. The van der Waals surface area contributed by atoms with Gasteiger partial charge < -0.3 is 0 Å². The molecule has 0 bridgehead atoms. The third-order valence-corrected chi connectivity index (χ3v) is 7.47. The van der Waals surface area contributed by atoms with Crippen LogP contribution in [0.25, 0.3) is 0 Å². The number of amides is 1. The van der Waals surface area contributed by atoms with Crippen LogP contribution in [-0.4, -0.2) is 28.5 Å². The van der Waals surface area contributed by atoms with E-state index >= 15 is 0 Å². The topological polar surface area (TPSA) is 101 Å². The Bertz CT molecular complexity index is 1140. The van der Waals surface area contributed by atoms with E-state index in [0.717, 1.165) is 36.4 Å². The number of anilines is 2. The predicted molar refractivity (Wildman–Crippen MR) is 99.1 cm³/mol. The maximum Gasteiger partial charge on any atom is 0.416 e. The van der Waals surface area contributed by atoms with Crippen LogP contribution < -0.4 is 9.03 Å². The van der Waals surface area contributed by atoms with Crippen molar-refractivity contribution in [1.29, 1.82) is 0 Å². The van der Waals surface area contributed by atoms with E-state index in [9.17, 15) is 34.8 Å². The lowest BCUT2D eigenvalue weighted by molar-refractivity contribution is -0.137. The zero-order valence-electron chi connectivity index (χ0n) is 14.8. The van der Waals surface area contributed by atoms with E-state index in [4.69, 9.17) is 0 Å². The summed E-state index contributed by atoms with van der Waals surface area (Å²) in [4.78, 5) is 11.8. The van der Waals surface area contributed by atoms with Crippen LogP contribution in [0.4, 0.5) is 24.5 Å². The van der Waals surface area contributed by atoms with Crippen molar-refractivity contribution < 1.29 is 34.8 Å². The molecule has 1 amide bonds. The van der Waals surface area contributed by atoms with Gasteiger partial charge in [0, 0.05) is 5.69 Å². The molecule has 7 nitrogen and oxygen atoms in total. The number of hydrogen-bond acceptors (Lipinski definition) is 5. The largest absolute Gasteiger partial charge is 0.416 e. The summed E-state index contributed by atoms with van der Waals surface area (Å²) in [6.45, 7) is 1.48. The van der Waals surface area contributed by atoms with Gasteiger partial charge in [0.25, 0.3) is 10.0 Å². The number of halogens is 3. The van der Waals surface area contributed by atoms with E-state index in [1.54, 1.807) is 0 Å². The number of rotatable bonds is 4. The van der Waals surface area contributed by atoms with Crippen molar-refractivity contribution in [2.45, 2.75) is 18.0 Å². The molecule has 2 aromatic rings. The Morgan fingerprint density at radius 1 is 1.03 bits per heavy atom. The molecule has 2 aromatic carbocycles. The van der Waals surface area contributed by atoms with Gasteiger partial charge in [-0.3, -0.25) is 9.52 Å². The standard InChI is InChI=1S/C17H15F3N2O5S2/c1-11-10-28(24,25)22(16(11)23)14-6-8-15(9-7-14)29(26,27)21-13-4-2-12(3-5-13)17(18,19)20/h2-9,11,21H,10H2,1H3. The number of nitrogens with one attached hydrogen (secondary N) is 1. The highest BCUT2D eigenvalue weighted by atomic mass is 32.2. The van der Waals surface area contributed by atoms with Gasteiger partial charge in [0.05, 0.1) is 27.8 Å². The molecule has 1 atom stereocenters. The number of benzene rings is 2. The van der Waals surface area contributed by atoms with E-state index < -0.39 is 43.6 Å². The second kappa shape index (κ2) is 7.02. The first kappa shape index (κ1) is 21.1. The number of hydrogen-bond donors (Lipinski definition) is 1. The predicted octanol–water partition coefficient (Wildman–Crippen LogP) is 2.82. The number of alkyl halides is 3. The SMILES string of the molecule is CC1CS(=O)(=O)N(c2ccc(S(=O)(=O)Nc3ccc(C(F)(F)F)cc3)cc2)C1=O. The van der Waals surface area contributed by atoms with E-state index in [2.05, 4.69) is 4.72 Å². The Labute approximate surface area is 165 Å². The van der Waals surface area contributed by atoms with E-state index in [-0.39, 0.29) is 22.0 Å². The molecule has 3 rings (SSSR count). The highest BCUT2D eigenvalue weighted by Crippen LogP contribution is 2.31. The van der Waals surface area contributed by atoms with Crippen molar-refractivity contribution in [1.82, 2.24) is 0 Å². The maximum absolute atomic E-state index is 12.6. The number of sulfonamides is 2. The van der Waals surface area contributed by atoms with E-state index in [0.29, 0.717) is 4.31 Å². The molecule has 0 radical (unpaired) electrons. The molecule has 29 heavy (non-hydrogen) atoms. The van der Waals surface area contributed by atoms with Gasteiger partial charge in [-0.25, -0.2) is 21.1 Å². The Morgan fingerprint density at radius 3 is 2.03 bits per heavy atom. The second-order valence-corrected chi connectivity index (χ2v) is 10.0. The van der Waals surface area contributed by atoms with Gasteiger partial charge in [-0.1, -0.05) is 6.92 Å². The van der Waals surface area contributed by atoms with Crippen molar-refractivity contribution in [3.63, 3.8) is 0 Å². The third kappa shape index (κ3) is 4.22. The molecular weight excluding hydrogens is 433 g/mol. The van der Waals surface area contributed by atoms with Crippen LogP contribution in [0.2, 0.25) is 0 Å². The summed E-state index contributed by atoms with van der Waals surface area (Å²) in [5.74, 6) is -1.64. The highest BCUT2D eigenvalue weighted by Gasteiger charge is 2.42. The molecular formula is C17H15F3N2O5S2. The van der Waals surface area contributed by atoms with Crippen LogP contribution in [0.5, 0.6) is 0 Å². The van der Waals surface area contributed by atoms with Crippen LogP contribution in [0, 0.1) is 5.92 Å². The van der Waals surface area contributed by atoms with Crippen LogP contribution in [0.3, 0.4) is 0 Å². The van der Waals surface area contributed by atoms with Gasteiger partial charge in [-0.05, 0) is 48.5 Å². The molecule has 1 saturated heterocycles. The van der Waals surface area contributed by atoms with Gasteiger partial charge >= 0.3 is 6.18 Å². The summed E-state index contributed by atoms with van der Waals surface area (Å²) in [5, 5.41) is 0. The fourth-order valence-electron chi connectivity index (χ4n) is 2.79. The summed E-state index contributed by atoms with van der Waals surface area (Å²) in [6.07, 6.45) is -4.54. The van der Waals surface area contributed by atoms with Crippen molar-refractivity contribution in [3.05, 3.63) is 54.1 Å². The minimum atomic E-state index is -4.54. The maximum atomic E-state index is 12.6.